The Hall–Kier alpha value is -3.22. The number of nitrogens with one attached hydrogen (secondary N) is 1. The fourth-order valence-electron chi connectivity index (χ4n) is 2.88. The Morgan fingerprint density at radius 2 is 1.54 bits per heavy atom. The molecule has 0 radical (unpaired) electrons. The van der Waals surface area contributed by atoms with E-state index in [1.807, 2.05) is 0 Å². The number of hydrogen-bond donors (Lipinski definition) is 1. The predicted octanol–water partition coefficient (Wildman–Crippen LogP) is 1.64. The van der Waals surface area contributed by atoms with Gasteiger partial charge >= 0.3 is 11.1 Å². The summed E-state index contributed by atoms with van der Waals surface area (Å²) in [6, 6.07) is 13.0. The van der Waals surface area contributed by atoms with Gasteiger partial charge in [-0.15, -0.1) is 0 Å². The first-order valence-electron chi connectivity index (χ1n) is 8.25. The van der Waals surface area contributed by atoms with Crippen molar-refractivity contribution in [1.82, 2.24) is 14.5 Å². The van der Waals surface area contributed by atoms with Gasteiger partial charge in [0.1, 0.15) is 12.4 Å². The molecular weight excluding hydrogens is 337 g/mol. The largest absolute Gasteiger partial charge is 0.350 e. The van der Waals surface area contributed by atoms with Gasteiger partial charge in [0.25, 0.3) is 0 Å². The first-order valence-corrected chi connectivity index (χ1v) is 8.25. The average Bonchev–Trinajstić information content (AvgIpc) is 2.65. The minimum atomic E-state index is -0.758. The van der Waals surface area contributed by atoms with E-state index in [0.29, 0.717) is 23.1 Å². The van der Waals surface area contributed by atoms with Crippen molar-refractivity contribution in [1.29, 1.82) is 0 Å². The zero-order valence-corrected chi connectivity index (χ0v) is 14.2. The first-order chi connectivity index (χ1) is 12.5. The maximum Gasteiger partial charge on any atom is 0.317 e. The van der Waals surface area contributed by atoms with Crippen LogP contribution < -0.4 is 16.4 Å². The summed E-state index contributed by atoms with van der Waals surface area (Å²) in [4.78, 5) is 37.0. The third-order valence-electron chi connectivity index (χ3n) is 4.19. The lowest BCUT2D eigenvalue weighted by Gasteiger charge is -2.14. The van der Waals surface area contributed by atoms with Crippen molar-refractivity contribution < 1.29 is 9.18 Å². The number of benzene rings is 2. The minimum Gasteiger partial charge on any atom is -0.350 e. The summed E-state index contributed by atoms with van der Waals surface area (Å²) in [5, 5.41) is 2.58. The molecule has 3 aromatic rings. The second-order valence-corrected chi connectivity index (χ2v) is 5.80. The molecule has 0 aliphatic heterocycles. The predicted molar refractivity (Wildman–Crippen MR) is 96.4 cm³/mol. The van der Waals surface area contributed by atoms with Gasteiger partial charge in [-0.25, -0.2) is 4.39 Å². The normalized spacial score (nSPS) is 10.8. The van der Waals surface area contributed by atoms with E-state index in [9.17, 15) is 18.8 Å². The van der Waals surface area contributed by atoms with Crippen LogP contribution in [-0.4, -0.2) is 15.0 Å². The zero-order chi connectivity index (χ0) is 18.7. The molecule has 1 amide bonds. The maximum absolute atomic E-state index is 13.6. The molecule has 6 nitrogen and oxygen atoms in total. The number of carbonyl (C=O) groups excluding carboxylic acids is 1. The third-order valence-corrected chi connectivity index (χ3v) is 4.19. The van der Waals surface area contributed by atoms with Crippen LogP contribution in [-0.2, 0) is 24.4 Å². The van der Waals surface area contributed by atoms with Gasteiger partial charge in [0, 0.05) is 18.7 Å². The molecule has 26 heavy (non-hydrogen) atoms. The maximum atomic E-state index is 13.6. The van der Waals surface area contributed by atoms with Crippen LogP contribution in [0.25, 0.3) is 11.0 Å². The average molecular weight is 355 g/mol. The van der Waals surface area contributed by atoms with E-state index in [2.05, 4.69) is 5.32 Å². The van der Waals surface area contributed by atoms with E-state index in [1.165, 1.54) is 10.6 Å². The number of fused-ring (bicyclic) bond motifs is 1. The Balaban J connectivity index is 1.90. The second-order valence-electron chi connectivity index (χ2n) is 5.80. The van der Waals surface area contributed by atoms with Crippen molar-refractivity contribution in [3.63, 3.8) is 0 Å². The molecule has 0 saturated carbocycles. The number of halogens is 1. The number of rotatable bonds is 5. The highest BCUT2D eigenvalue weighted by atomic mass is 19.1. The number of carbonyl (C=O) groups is 1. The van der Waals surface area contributed by atoms with E-state index in [-0.39, 0.29) is 13.1 Å². The lowest BCUT2D eigenvalue weighted by atomic mass is 10.2. The molecule has 0 atom stereocenters. The van der Waals surface area contributed by atoms with E-state index >= 15 is 0 Å². The van der Waals surface area contributed by atoms with E-state index in [1.54, 1.807) is 49.4 Å². The number of nitrogens with zero attached hydrogens (tertiary/aromatic N) is 2. The van der Waals surface area contributed by atoms with Crippen LogP contribution in [0.4, 0.5) is 4.39 Å². The van der Waals surface area contributed by atoms with Crippen molar-refractivity contribution in [3.8, 4) is 0 Å². The topological polar surface area (TPSA) is 73.1 Å². The van der Waals surface area contributed by atoms with Gasteiger partial charge in [-0.05, 0) is 25.1 Å². The summed E-state index contributed by atoms with van der Waals surface area (Å²) in [5.41, 5.74) is 0.000598. The van der Waals surface area contributed by atoms with Gasteiger partial charge < -0.3 is 9.88 Å². The van der Waals surface area contributed by atoms with Gasteiger partial charge in [0.05, 0.1) is 11.0 Å². The number of amides is 1. The fourth-order valence-corrected chi connectivity index (χ4v) is 2.88. The van der Waals surface area contributed by atoms with Crippen LogP contribution in [0.3, 0.4) is 0 Å². The van der Waals surface area contributed by atoms with Crippen molar-refractivity contribution >= 4 is 16.9 Å². The van der Waals surface area contributed by atoms with Crippen molar-refractivity contribution in [3.05, 3.63) is 80.6 Å². The number of aromatic nitrogens is 2. The minimum absolute atomic E-state index is 0.00418. The Bertz CT molecular complexity index is 1090. The van der Waals surface area contributed by atoms with Crippen LogP contribution in [0.1, 0.15) is 12.5 Å². The third kappa shape index (κ3) is 3.28. The second kappa shape index (κ2) is 7.35. The zero-order valence-electron chi connectivity index (χ0n) is 14.2. The highest BCUT2D eigenvalue weighted by molar-refractivity contribution is 5.80. The molecule has 1 heterocycles. The van der Waals surface area contributed by atoms with Crippen LogP contribution in [0.15, 0.2) is 58.1 Å². The number of para-hydroxylation sites is 2. The van der Waals surface area contributed by atoms with E-state index < -0.39 is 22.8 Å². The van der Waals surface area contributed by atoms with Gasteiger partial charge in [-0.3, -0.25) is 19.0 Å². The number of aryl methyl sites for hydroxylation is 1. The smallest absolute Gasteiger partial charge is 0.317 e. The fraction of sp³-hybridized carbons (Fsp3) is 0.211. The van der Waals surface area contributed by atoms with Crippen LogP contribution in [0.5, 0.6) is 0 Å². The summed E-state index contributed by atoms with van der Waals surface area (Å²) in [5.74, 6) is -0.893. The molecule has 0 fully saturated rings. The molecular formula is C19H18FN3O3. The highest BCUT2D eigenvalue weighted by Gasteiger charge is 2.14. The summed E-state index contributed by atoms with van der Waals surface area (Å²) in [6.07, 6.45) is 0. The van der Waals surface area contributed by atoms with Crippen LogP contribution in [0, 0.1) is 5.82 Å². The van der Waals surface area contributed by atoms with E-state index in [0.717, 1.165) is 4.57 Å². The van der Waals surface area contributed by atoms with Gasteiger partial charge in [0.15, 0.2) is 0 Å². The molecule has 0 bridgehead atoms. The molecule has 0 aliphatic carbocycles. The summed E-state index contributed by atoms with van der Waals surface area (Å²) >= 11 is 0. The molecule has 3 rings (SSSR count). The van der Waals surface area contributed by atoms with Gasteiger partial charge in [-0.1, -0.05) is 30.3 Å². The lowest BCUT2D eigenvalue weighted by Crippen LogP contribution is -2.43. The molecule has 7 heteroatoms. The van der Waals surface area contributed by atoms with Crippen molar-refractivity contribution in [2.75, 3.05) is 0 Å². The molecule has 0 unspecified atom stereocenters. The Morgan fingerprint density at radius 1 is 0.962 bits per heavy atom. The van der Waals surface area contributed by atoms with Gasteiger partial charge in [-0.2, -0.15) is 0 Å². The van der Waals surface area contributed by atoms with Crippen molar-refractivity contribution in [2.45, 2.75) is 26.6 Å². The quantitative estimate of drug-likeness (QED) is 0.707. The van der Waals surface area contributed by atoms with Crippen LogP contribution in [0.2, 0.25) is 0 Å². The Labute approximate surface area is 148 Å². The van der Waals surface area contributed by atoms with Crippen LogP contribution >= 0.6 is 0 Å². The molecule has 134 valence electrons. The number of hydrogen-bond acceptors (Lipinski definition) is 3. The monoisotopic (exact) mass is 355 g/mol. The molecule has 1 aromatic heterocycles. The molecule has 2 aromatic carbocycles. The first kappa shape index (κ1) is 17.6. The summed E-state index contributed by atoms with van der Waals surface area (Å²) in [6.45, 7) is 1.82. The van der Waals surface area contributed by atoms with Crippen molar-refractivity contribution in [2.24, 2.45) is 0 Å². The Kier molecular flexibility index (Phi) is 4.97. The highest BCUT2D eigenvalue weighted by Crippen LogP contribution is 2.10. The Morgan fingerprint density at radius 3 is 2.19 bits per heavy atom. The lowest BCUT2D eigenvalue weighted by molar-refractivity contribution is -0.121. The van der Waals surface area contributed by atoms with Gasteiger partial charge in [0.2, 0.25) is 5.91 Å². The molecule has 1 N–H and O–H groups in total. The summed E-state index contributed by atoms with van der Waals surface area (Å²) in [7, 11) is 0. The molecule has 0 spiro atoms. The standard InChI is InChI=1S/C19H18FN3O3/c1-2-22-15-9-5-6-10-16(15)23(19(26)18(22)25)12-17(24)21-11-13-7-3-4-8-14(13)20/h3-10H,2,11-12H2,1H3,(H,21,24). The SMILES string of the molecule is CCn1c(=O)c(=O)n(CC(=O)NCc2ccccc2F)c2ccccc21. The summed E-state index contributed by atoms with van der Waals surface area (Å²) < 4.78 is 16.2. The molecule has 0 aliphatic rings. The molecule has 0 saturated heterocycles. The van der Waals surface area contributed by atoms with E-state index in [4.69, 9.17) is 0 Å².